The van der Waals surface area contributed by atoms with E-state index >= 15 is 0 Å². The summed E-state index contributed by atoms with van der Waals surface area (Å²) < 4.78 is 1.38. The van der Waals surface area contributed by atoms with Gasteiger partial charge in [0.15, 0.2) is 0 Å². The van der Waals surface area contributed by atoms with Crippen LogP contribution in [0.3, 0.4) is 0 Å². The Hall–Kier alpha value is -1.92. The summed E-state index contributed by atoms with van der Waals surface area (Å²) >= 11 is 7.42. The van der Waals surface area contributed by atoms with E-state index in [1.165, 1.54) is 21.4 Å². The molecule has 0 bridgehead atoms. The Morgan fingerprint density at radius 3 is 2.60 bits per heavy atom. The number of aryl methyl sites for hydroxylation is 1. The lowest BCUT2D eigenvalue weighted by Crippen LogP contribution is -2.33. The smallest absolute Gasteiger partial charge is 0.275 e. The number of benzene rings is 1. The first-order valence-corrected chi connectivity index (χ1v) is 9.48. The predicted molar refractivity (Wildman–Crippen MR) is 104 cm³/mol. The molecule has 0 aliphatic carbocycles. The maximum atomic E-state index is 12.2. The van der Waals surface area contributed by atoms with Gasteiger partial charge in [-0.1, -0.05) is 48.9 Å². The van der Waals surface area contributed by atoms with Gasteiger partial charge in [-0.05, 0) is 31.0 Å². The Morgan fingerprint density at radius 1 is 1.28 bits per heavy atom. The van der Waals surface area contributed by atoms with Crippen molar-refractivity contribution < 1.29 is 0 Å². The minimum atomic E-state index is -0.129. The first-order chi connectivity index (χ1) is 11.9. The molecule has 0 aliphatic rings. The van der Waals surface area contributed by atoms with E-state index in [-0.39, 0.29) is 17.5 Å². The van der Waals surface area contributed by atoms with E-state index in [1.807, 2.05) is 26.1 Å². The molecule has 3 aromatic rings. The molecule has 7 heteroatoms. The van der Waals surface area contributed by atoms with Crippen LogP contribution in [0, 0.1) is 0 Å². The third kappa shape index (κ3) is 3.55. The van der Waals surface area contributed by atoms with Gasteiger partial charge in [-0.3, -0.25) is 4.79 Å². The highest BCUT2D eigenvalue weighted by Gasteiger charge is 2.22. The molecule has 0 spiro atoms. The normalized spacial score (nSPS) is 13.8. The zero-order valence-corrected chi connectivity index (χ0v) is 16.3. The van der Waals surface area contributed by atoms with Crippen molar-refractivity contribution in [3.8, 4) is 0 Å². The molecule has 2 heterocycles. The van der Waals surface area contributed by atoms with Crippen LogP contribution < -0.4 is 10.5 Å². The number of rotatable bonds is 5. The number of anilines is 1. The van der Waals surface area contributed by atoms with Crippen LogP contribution in [-0.4, -0.2) is 27.7 Å². The molecule has 3 rings (SSSR count). The summed E-state index contributed by atoms with van der Waals surface area (Å²) in [6.07, 6.45) is 0.735. The summed E-state index contributed by atoms with van der Waals surface area (Å²) in [6, 6.07) is 9.67. The quantitative estimate of drug-likeness (QED) is 0.675. The van der Waals surface area contributed by atoms with E-state index in [2.05, 4.69) is 41.0 Å². The van der Waals surface area contributed by atoms with Gasteiger partial charge in [0, 0.05) is 35.8 Å². The van der Waals surface area contributed by atoms with Crippen LogP contribution in [0.5, 0.6) is 0 Å². The average molecular weight is 377 g/mol. The first kappa shape index (κ1) is 17.9. The van der Waals surface area contributed by atoms with Gasteiger partial charge in [-0.15, -0.1) is 5.10 Å². The number of fused-ring (bicyclic) bond motifs is 1. The van der Waals surface area contributed by atoms with E-state index in [0.717, 1.165) is 22.3 Å². The second-order valence-electron chi connectivity index (χ2n) is 6.21. The van der Waals surface area contributed by atoms with Crippen LogP contribution in [0.4, 0.5) is 5.13 Å². The molecule has 2 aromatic heterocycles. The average Bonchev–Trinajstić information content (AvgIpc) is 3.05. The van der Waals surface area contributed by atoms with Crippen molar-refractivity contribution in [2.24, 2.45) is 0 Å². The molecule has 25 heavy (non-hydrogen) atoms. The summed E-state index contributed by atoms with van der Waals surface area (Å²) in [5.74, 6) is 0.283. The monoisotopic (exact) mass is 376 g/mol. The number of aromatic nitrogens is 3. The Kier molecular flexibility index (Phi) is 5.11. The first-order valence-electron chi connectivity index (χ1n) is 8.28. The van der Waals surface area contributed by atoms with Crippen LogP contribution in [0.2, 0.25) is 5.02 Å². The van der Waals surface area contributed by atoms with Crippen molar-refractivity contribution >= 4 is 33.0 Å². The van der Waals surface area contributed by atoms with Crippen LogP contribution in [-0.2, 0) is 6.42 Å². The Morgan fingerprint density at radius 2 is 1.96 bits per heavy atom. The molecule has 0 saturated carbocycles. The van der Waals surface area contributed by atoms with Gasteiger partial charge in [-0.2, -0.15) is 4.52 Å². The fraction of sp³-hybridized carbons (Fsp3) is 0.389. The van der Waals surface area contributed by atoms with Crippen LogP contribution in [0.15, 0.2) is 35.1 Å². The second-order valence-corrected chi connectivity index (χ2v) is 7.58. The molecule has 5 nitrogen and oxygen atoms in total. The van der Waals surface area contributed by atoms with Gasteiger partial charge in [0.05, 0.1) is 0 Å². The molecule has 0 amide bonds. The third-order valence-corrected chi connectivity index (χ3v) is 5.93. The lowest BCUT2D eigenvalue weighted by atomic mass is 9.94. The lowest BCUT2D eigenvalue weighted by Gasteiger charge is -2.29. The van der Waals surface area contributed by atoms with Crippen LogP contribution in [0.1, 0.15) is 37.9 Å². The molecular weight excluding hydrogens is 356 g/mol. The molecule has 0 fully saturated rings. The second kappa shape index (κ2) is 7.14. The Bertz CT molecular complexity index is 934. The Balaban J connectivity index is 1.90. The molecular formula is C18H21ClN4OS. The van der Waals surface area contributed by atoms with E-state index < -0.39 is 0 Å². The minimum absolute atomic E-state index is 0.129. The van der Waals surface area contributed by atoms with E-state index in [0.29, 0.717) is 4.96 Å². The van der Waals surface area contributed by atoms with Crippen molar-refractivity contribution in [2.75, 3.05) is 11.9 Å². The van der Waals surface area contributed by atoms with Gasteiger partial charge in [0.1, 0.15) is 0 Å². The fourth-order valence-corrected chi connectivity index (χ4v) is 3.83. The number of likely N-dealkylation sites (N-methyl/N-ethyl adjacent to an activating group) is 1. The summed E-state index contributed by atoms with van der Waals surface area (Å²) in [7, 11) is 2.00. The molecule has 0 radical (unpaired) electrons. The van der Waals surface area contributed by atoms with Crippen molar-refractivity contribution in [1.29, 1.82) is 0 Å². The van der Waals surface area contributed by atoms with Crippen LogP contribution in [0.25, 0.3) is 4.96 Å². The highest BCUT2D eigenvalue weighted by Crippen LogP contribution is 2.29. The highest BCUT2D eigenvalue weighted by atomic mass is 35.5. The SMILES string of the molecule is CCc1cc(=O)n2nc(N(C)[C@H](C)[C@@H](C)c3ccc(Cl)cc3)sc2n1. The van der Waals surface area contributed by atoms with Crippen molar-refractivity contribution in [3.05, 3.63) is 57.0 Å². The topological polar surface area (TPSA) is 50.5 Å². The standard InChI is InChI=1S/C18H21ClN4OS/c1-5-15-10-16(24)23-17(20-15)25-18(21-23)22(4)12(3)11(2)13-6-8-14(19)9-7-13/h6-12H,5H2,1-4H3/t11-,12-/m1/s1. The van der Waals surface area contributed by atoms with Gasteiger partial charge in [-0.25, -0.2) is 4.98 Å². The molecule has 0 aliphatic heterocycles. The van der Waals surface area contributed by atoms with Crippen LogP contribution >= 0.6 is 22.9 Å². The van der Waals surface area contributed by atoms with Gasteiger partial charge >= 0.3 is 0 Å². The number of halogens is 1. The Labute approximate surface area is 155 Å². The molecule has 0 N–H and O–H groups in total. The summed E-state index contributed by atoms with van der Waals surface area (Å²) in [6.45, 7) is 6.32. The maximum absolute atomic E-state index is 12.2. The van der Waals surface area contributed by atoms with E-state index in [1.54, 1.807) is 6.07 Å². The zero-order chi connectivity index (χ0) is 18.1. The van der Waals surface area contributed by atoms with Crippen molar-refractivity contribution in [1.82, 2.24) is 14.6 Å². The van der Waals surface area contributed by atoms with E-state index in [9.17, 15) is 4.79 Å². The number of hydrogen-bond donors (Lipinski definition) is 0. The van der Waals surface area contributed by atoms with E-state index in [4.69, 9.17) is 11.6 Å². The third-order valence-electron chi connectivity index (χ3n) is 4.68. The highest BCUT2D eigenvalue weighted by molar-refractivity contribution is 7.20. The summed E-state index contributed by atoms with van der Waals surface area (Å²) in [5.41, 5.74) is 1.88. The van der Waals surface area contributed by atoms with Gasteiger partial charge in [0.25, 0.3) is 5.56 Å². The number of hydrogen-bond acceptors (Lipinski definition) is 5. The zero-order valence-electron chi connectivity index (χ0n) is 14.7. The number of nitrogens with zero attached hydrogens (tertiary/aromatic N) is 4. The molecule has 0 unspecified atom stereocenters. The predicted octanol–water partition coefficient (Wildman–Crippen LogP) is 4.00. The van der Waals surface area contributed by atoms with Gasteiger partial charge < -0.3 is 4.90 Å². The molecule has 2 atom stereocenters. The largest absolute Gasteiger partial charge is 0.346 e. The van der Waals surface area contributed by atoms with Crippen molar-refractivity contribution in [3.63, 3.8) is 0 Å². The minimum Gasteiger partial charge on any atom is -0.346 e. The van der Waals surface area contributed by atoms with Gasteiger partial charge in [0.2, 0.25) is 10.1 Å². The van der Waals surface area contributed by atoms with Crippen molar-refractivity contribution in [2.45, 2.75) is 39.2 Å². The maximum Gasteiger partial charge on any atom is 0.275 e. The molecule has 132 valence electrons. The molecule has 0 saturated heterocycles. The fourth-order valence-electron chi connectivity index (χ4n) is 2.72. The summed E-state index contributed by atoms with van der Waals surface area (Å²) in [4.78, 5) is 19.4. The lowest BCUT2D eigenvalue weighted by molar-refractivity contribution is 0.576. The molecule has 1 aromatic carbocycles. The summed E-state index contributed by atoms with van der Waals surface area (Å²) in [5, 5.41) is 5.98.